The fraction of sp³-hybridized carbons (Fsp3) is 0.118. The average molecular weight is 280 g/mol. The molecule has 0 saturated heterocycles. The van der Waals surface area contributed by atoms with Crippen LogP contribution in [0.25, 0.3) is 0 Å². The van der Waals surface area contributed by atoms with Crippen molar-refractivity contribution in [1.82, 2.24) is 5.32 Å². The van der Waals surface area contributed by atoms with Crippen molar-refractivity contribution < 1.29 is 9.53 Å². The van der Waals surface area contributed by atoms with E-state index in [-0.39, 0.29) is 12.1 Å². The van der Waals surface area contributed by atoms with Gasteiger partial charge in [-0.1, -0.05) is 36.9 Å². The van der Waals surface area contributed by atoms with Crippen molar-refractivity contribution in [3.63, 3.8) is 0 Å². The molecule has 1 amide bonds. The largest absolute Gasteiger partial charge is 0.490 e. The minimum absolute atomic E-state index is 0.0682. The zero-order valence-corrected chi connectivity index (χ0v) is 11.5. The van der Waals surface area contributed by atoms with E-state index in [2.05, 4.69) is 17.2 Å². The molecule has 0 aromatic heterocycles. The Balaban J connectivity index is 1.79. The standard InChI is InChI=1S/C17H16N2O2/c1-2-11-21-13-9-7-12(8-10-13)16-18-15-6-4-3-5-14(15)17(20)19-16/h2-10,16,18H,1,11H2,(H,19,20)/t16-/m0/s1. The molecule has 1 aliphatic heterocycles. The molecule has 0 saturated carbocycles. The number of nitrogens with one attached hydrogen (secondary N) is 2. The van der Waals surface area contributed by atoms with Crippen LogP contribution >= 0.6 is 0 Å². The number of benzene rings is 2. The van der Waals surface area contributed by atoms with Gasteiger partial charge in [-0.15, -0.1) is 0 Å². The zero-order chi connectivity index (χ0) is 14.7. The molecule has 106 valence electrons. The normalized spacial score (nSPS) is 16.4. The molecule has 21 heavy (non-hydrogen) atoms. The summed E-state index contributed by atoms with van der Waals surface area (Å²) in [6, 6.07) is 15.1. The van der Waals surface area contributed by atoms with Gasteiger partial charge in [-0.3, -0.25) is 4.79 Å². The maximum atomic E-state index is 12.1. The fourth-order valence-electron chi connectivity index (χ4n) is 2.29. The molecule has 0 aliphatic carbocycles. The van der Waals surface area contributed by atoms with E-state index < -0.39 is 0 Å². The summed E-state index contributed by atoms with van der Waals surface area (Å²) in [7, 11) is 0. The van der Waals surface area contributed by atoms with Crippen LogP contribution < -0.4 is 15.4 Å². The Morgan fingerprint density at radius 3 is 2.62 bits per heavy atom. The Morgan fingerprint density at radius 2 is 1.86 bits per heavy atom. The SMILES string of the molecule is C=CCOc1ccc([C@@H]2NC(=O)c3ccccc3N2)cc1. The molecule has 4 heteroatoms. The molecule has 0 unspecified atom stereocenters. The Hall–Kier alpha value is -2.75. The van der Waals surface area contributed by atoms with Gasteiger partial charge in [-0.2, -0.15) is 0 Å². The molecular formula is C17H16N2O2. The molecule has 0 fully saturated rings. The lowest BCUT2D eigenvalue weighted by molar-refractivity contribution is 0.0935. The van der Waals surface area contributed by atoms with Gasteiger partial charge in [0.15, 0.2) is 0 Å². The number of amides is 1. The number of anilines is 1. The van der Waals surface area contributed by atoms with Crippen LogP contribution in [0.1, 0.15) is 22.1 Å². The number of hydrogen-bond donors (Lipinski definition) is 2. The van der Waals surface area contributed by atoms with Crippen molar-refractivity contribution in [2.75, 3.05) is 11.9 Å². The maximum absolute atomic E-state index is 12.1. The number of rotatable bonds is 4. The Bertz CT molecular complexity index is 665. The van der Waals surface area contributed by atoms with Crippen LogP contribution in [0.4, 0.5) is 5.69 Å². The van der Waals surface area contributed by atoms with Gasteiger partial charge in [-0.05, 0) is 29.8 Å². The maximum Gasteiger partial charge on any atom is 0.255 e. The summed E-state index contributed by atoms with van der Waals surface area (Å²) < 4.78 is 5.45. The highest BCUT2D eigenvalue weighted by Gasteiger charge is 2.23. The molecule has 2 aromatic rings. The smallest absolute Gasteiger partial charge is 0.255 e. The van der Waals surface area contributed by atoms with Crippen molar-refractivity contribution in [2.24, 2.45) is 0 Å². The Kier molecular flexibility index (Phi) is 3.60. The van der Waals surface area contributed by atoms with Crippen LogP contribution in [0.5, 0.6) is 5.75 Å². The van der Waals surface area contributed by atoms with Crippen LogP contribution in [-0.4, -0.2) is 12.5 Å². The lowest BCUT2D eigenvalue weighted by atomic mass is 10.1. The third kappa shape index (κ3) is 2.74. The first-order valence-corrected chi connectivity index (χ1v) is 6.78. The fourth-order valence-corrected chi connectivity index (χ4v) is 2.29. The molecule has 1 atom stereocenters. The van der Waals surface area contributed by atoms with Gasteiger partial charge in [0.05, 0.1) is 5.56 Å². The van der Waals surface area contributed by atoms with E-state index in [1.54, 1.807) is 12.1 Å². The van der Waals surface area contributed by atoms with Gasteiger partial charge in [-0.25, -0.2) is 0 Å². The highest BCUT2D eigenvalue weighted by molar-refractivity contribution is 6.01. The molecule has 2 N–H and O–H groups in total. The quantitative estimate of drug-likeness (QED) is 0.846. The third-order valence-electron chi connectivity index (χ3n) is 3.33. The summed E-state index contributed by atoms with van der Waals surface area (Å²) in [6.45, 7) is 4.09. The first kappa shape index (κ1) is 13.2. The highest BCUT2D eigenvalue weighted by Crippen LogP contribution is 2.27. The molecule has 0 bridgehead atoms. The lowest BCUT2D eigenvalue weighted by Gasteiger charge is -2.28. The van der Waals surface area contributed by atoms with E-state index in [1.165, 1.54) is 0 Å². The molecule has 2 aromatic carbocycles. The molecule has 0 spiro atoms. The minimum Gasteiger partial charge on any atom is -0.490 e. The van der Waals surface area contributed by atoms with E-state index >= 15 is 0 Å². The average Bonchev–Trinajstić information content (AvgIpc) is 2.53. The molecule has 1 aliphatic rings. The van der Waals surface area contributed by atoms with Crippen LogP contribution in [0.2, 0.25) is 0 Å². The van der Waals surface area contributed by atoms with E-state index in [4.69, 9.17) is 4.74 Å². The van der Waals surface area contributed by atoms with Crippen molar-refractivity contribution in [3.8, 4) is 5.75 Å². The van der Waals surface area contributed by atoms with E-state index in [9.17, 15) is 4.79 Å². The summed E-state index contributed by atoms with van der Waals surface area (Å²) in [5, 5.41) is 6.26. The second-order valence-corrected chi connectivity index (χ2v) is 4.77. The van der Waals surface area contributed by atoms with Gasteiger partial charge in [0.2, 0.25) is 0 Å². The van der Waals surface area contributed by atoms with Gasteiger partial charge in [0, 0.05) is 5.69 Å². The van der Waals surface area contributed by atoms with Crippen LogP contribution in [0.3, 0.4) is 0 Å². The predicted molar refractivity (Wildman–Crippen MR) is 82.4 cm³/mol. The van der Waals surface area contributed by atoms with Crippen LogP contribution in [0.15, 0.2) is 61.2 Å². The topological polar surface area (TPSA) is 50.4 Å². The van der Waals surface area contributed by atoms with Gasteiger partial charge in [0.25, 0.3) is 5.91 Å². The Labute approximate surface area is 123 Å². The first-order chi connectivity index (χ1) is 10.3. The van der Waals surface area contributed by atoms with Crippen LogP contribution in [0, 0.1) is 0 Å². The van der Waals surface area contributed by atoms with Gasteiger partial charge in [0.1, 0.15) is 18.5 Å². The third-order valence-corrected chi connectivity index (χ3v) is 3.33. The zero-order valence-electron chi connectivity index (χ0n) is 11.5. The van der Waals surface area contributed by atoms with Crippen LogP contribution in [-0.2, 0) is 0 Å². The van der Waals surface area contributed by atoms with E-state index in [0.717, 1.165) is 17.0 Å². The van der Waals surface area contributed by atoms with Gasteiger partial charge >= 0.3 is 0 Å². The predicted octanol–water partition coefficient (Wildman–Crippen LogP) is 3.11. The first-order valence-electron chi connectivity index (χ1n) is 6.78. The number of ether oxygens (including phenoxy) is 1. The summed E-state index contributed by atoms with van der Waals surface area (Å²) in [5.41, 5.74) is 2.49. The molecule has 4 nitrogen and oxygen atoms in total. The monoisotopic (exact) mass is 280 g/mol. The minimum atomic E-state index is -0.235. The summed E-state index contributed by atoms with van der Waals surface area (Å²) in [4.78, 5) is 12.1. The summed E-state index contributed by atoms with van der Waals surface area (Å²) in [5.74, 6) is 0.711. The molecule has 1 heterocycles. The summed E-state index contributed by atoms with van der Waals surface area (Å²) in [6.07, 6.45) is 1.47. The van der Waals surface area contributed by atoms with Crippen molar-refractivity contribution in [1.29, 1.82) is 0 Å². The van der Waals surface area contributed by atoms with E-state index in [1.807, 2.05) is 42.5 Å². The van der Waals surface area contributed by atoms with E-state index in [0.29, 0.717) is 12.2 Å². The van der Waals surface area contributed by atoms with Gasteiger partial charge < -0.3 is 15.4 Å². The lowest BCUT2D eigenvalue weighted by Crippen LogP contribution is -2.38. The number of fused-ring (bicyclic) bond motifs is 1. The van der Waals surface area contributed by atoms with Crippen molar-refractivity contribution >= 4 is 11.6 Å². The Morgan fingerprint density at radius 1 is 1.10 bits per heavy atom. The molecule has 0 radical (unpaired) electrons. The molecular weight excluding hydrogens is 264 g/mol. The summed E-state index contributed by atoms with van der Waals surface area (Å²) >= 11 is 0. The number of carbonyl (C=O) groups excluding carboxylic acids is 1. The van der Waals surface area contributed by atoms with Crippen molar-refractivity contribution in [2.45, 2.75) is 6.17 Å². The second-order valence-electron chi connectivity index (χ2n) is 4.77. The highest BCUT2D eigenvalue weighted by atomic mass is 16.5. The van der Waals surface area contributed by atoms with Crippen molar-refractivity contribution in [3.05, 3.63) is 72.3 Å². The number of para-hydroxylation sites is 1. The molecule has 3 rings (SSSR count). The number of hydrogen-bond acceptors (Lipinski definition) is 3. The second kappa shape index (κ2) is 5.71. The number of carbonyl (C=O) groups is 1.